The van der Waals surface area contributed by atoms with Crippen LogP contribution in [0.2, 0.25) is 0 Å². The van der Waals surface area contributed by atoms with Crippen LogP contribution >= 0.6 is 0 Å². The van der Waals surface area contributed by atoms with Crippen LogP contribution < -0.4 is 54.4 Å². The van der Waals surface area contributed by atoms with E-state index in [4.69, 9.17) is 17.2 Å². The molecular formula is C40H60N10O16. The molecule has 0 bridgehead atoms. The molecule has 26 heteroatoms. The average molecular weight is 937 g/mol. The molecule has 0 spiro atoms. The van der Waals surface area contributed by atoms with Gasteiger partial charge in [-0.1, -0.05) is 39.8 Å². The molecule has 0 heterocycles. The van der Waals surface area contributed by atoms with E-state index in [1.165, 1.54) is 45.0 Å². The van der Waals surface area contributed by atoms with Gasteiger partial charge >= 0.3 is 17.9 Å². The molecule has 0 aliphatic heterocycles. The Bertz CT molecular complexity index is 1960. The molecule has 1 aromatic rings. The highest BCUT2D eigenvalue weighted by Crippen LogP contribution is 2.14. The maximum Gasteiger partial charge on any atom is 0.326 e. The van der Waals surface area contributed by atoms with Gasteiger partial charge in [0, 0.05) is 12.8 Å². The van der Waals surface area contributed by atoms with E-state index in [-0.39, 0.29) is 24.5 Å². The summed E-state index contributed by atoms with van der Waals surface area (Å²) in [5, 5.41) is 54.2. The summed E-state index contributed by atoms with van der Waals surface area (Å²) in [5.41, 5.74) is 16.1. The lowest BCUT2D eigenvalue weighted by molar-refractivity contribution is -0.144. The Morgan fingerprint density at radius 2 is 0.985 bits per heavy atom. The molecule has 0 saturated carbocycles. The van der Waals surface area contributed by atoms with Crippen molar-refractivity contribution >= 4 is 71.1 Å². The zero-order valence-electron chi connectivity index (χ0n) is 37.0. The van der Waals surface area contributed by atoms with Crippen LogP contribution in [0.15, 0.2) is 24.3 Å². The van der Waals surface area contributed by atoms with Crippen LogP contribution in [0.3, 0.4) is 0 Å². The van der Waals surface area contributed by atoms with Gasteiger partial charge < -0.3 is 74.8 Å². The van der Waals surface area contributed by atoms with Crippen LogP contribution in [0.25, 0.3) is 0 Å². The Balaban J connectivity index is 3.32. The van der Waals surface area contributed by atoms with Gasteiger partial charge in [0.05, 0.1) is 25.3 Å². The van der Waals surface area contributed by atoms with E-state index in [0.29, 0.717) is 5.56 Å². The molecule has 17 N–H and O–H groups in total. The van der Waals surface area contributed by atoms with Crippen LogP contribution in [-0.4, -0.2) is 140 Å². The van der Waals surface area contributed by atoms with Crippen molar-refractivity contribution < 1.29 is 78.0 Å². The number of benzene rings is 1. The predicted molar refractivity (Wildman–Crippen MR) is 228 cm³/mol. The van der Waals surface area contributed by atoms with Gasteiger partial charge in [-0.25, -0.2) is 4.79 Å². The minimum atomic E-state index is -1.85. The number of nitrogens with one attached hydrogen (secondary N) is 7. The van der Waals surface area contributed by atoms with Gasteiger partial charge in [0.25, 0.3) is 0 Å². The van der Waals surface area contributed by atoms with Crippen LogP contribution in [0.1, 0.15) is 78.7 Å². The number of phenolic OH excluding ortho intramolecular Hbond substituents is 1. The minimum absolute atomic E-state index is 0.0774. The molecule has 8 atom stereocenters. The molecule has 66 heavy (non-hydrogen) atoms. The number of carboxylic acids is 3. The summed E-state index contributed by atoms with van der Waals surface area (Å²) in [5.74, 6) is -15.1. The van der Waals surface area contributed by atoms with Gasteiger partial charge in [-0.15, -0.1) is 0 Å². The Hall–Kier alpha value is -7.38. The standard InChI is InChI=1S/C40H60N10O16/c1-17(2)12-24(35(60)49-27(16-31(56)57)36(61)45-23(40(65)66)10-11-28(42)52)46-33(58)19(5)44-39(64)32(18(3)4)50-38(63)25(13-20-6-8-21(51)9-7-20)48-37(62)26(15-30(54)55)47-34(59)22(41)14-29(43)53/h6-9,17-19,22-27,32,51H,10-16,41H2,1-5H3,(H2,42,52)(H2,43,53)(H,44,64)(H,45,61)(H,46,58)(H,47,59)(H,48,62)(H,49,60)(H,50,63)(H,54,55)(H,56,57)(H,65,66)/t19-,22-,23-,24-,25-,26-,27-,32-/m0/s1. The number of carboxylic acid groups (broad SMARTS) is 3. The number of rotatable bonds is 29. The minimum Gasteiger partial charge on any atom is -0.508 e. The van der Waals surface area contributed by atoms with Crippen molar-refractivity contribution in [3.8, 4) is 5.75 Å². The Kier molecular flexibility index (Phi) is 23.2. The zero-order valence-corrected chi connectivity index (χ0v) is 37.0. The SMILES string of the molecule is CC(C)C[C@H](NC(=O)[C@H](C)NC(=O)[C@@H](NC(=O)[C@H](Cc1ccc(O)cc1)NC(=O)[C@H](CC(=O)O)NC(=O)[C@@H](N)CC(N)=O)C(C)C)C(=O)N[C@@H](CC(=O)O)C(=O)N[C@@H](CCC(N)=O)C(=O)O. The van der Waals surface area contributed by atoms with E-state index in [1.54, 1.807) is 13.8 Å². The normalized spacial score (nSPS) is 14.6. The fourth-order valence-electron chi connectivity index (χ4n) is 5.95. The number of nitrogens with two attached hydrogens (primary N) is 3. The van der Waals surface area contributed by atoms with E-state index in [9.17, 15) is 78.0 Å². The summed E-state index contributed by atoms with van der Waals surface area (Å²) in [6.07, 6.45) is -3.90. The molecular weight excluding hydrogens is 876 g/mol. The van der Waals surface area contributed by atoms with Gasteiger partial charge in [0.1, 0.15) is 48.0 Å². The van der Waals surface area contributed by atoms with Crippen molar-refractivity contribution in [2.45, 2.75) is 128 Å². The fourth-order valence-corrected chi connectivity index (χ4v) is 5.95. The van der Waals surface area contributed by atoms with Gasteiger partial charge in [-0.05, 0) is 49.3 Å². The number of phenols is 1. The molecule has 366 valence electrons. The first kappa shape index (κ1) is 56.6. The Labute approximate surface area is 378 Å². The first-order valence-corrected chi connectivity index (χ1v) is 20.5. The fraction of sp³-hybridized carbons (Fsp3) is 0.550. The lowest BCUT2D eigenvalue weighted by Crippen LogP contribution is -2.61. The van der Waals surface area contributed by atoms with Crippen molar-refractivity contribution in [3.63, 3.8) is 0 Å². The lowest BCUT2D eigenvalue weighted by atomic mass is 10.00. The number of aliphatic carboxylic acids is 3. The molecule has 26 nitrogen and oxygen atoms in total. The molecule has 0 radical (unpaired) electrons. The number of carbonyl (C=O) groups is 12. The largest absolute Gasteiger partial charge is 0.508 e. The Morgan fingerprint density at radius 3 is 1.44 bits per heavy atom. The molecule has 0 aromatic heterocycles. The topological polar surface area (TPSA) is 448 Å². The van der Waals surface area contributed by atoms with Gasteiger partial charge in [0.2, 0.25) is 53.2 Å². The summed E-state index contributed by atoms with van der Waals surface area (Å²) in [7, 11) is 0. The Morgan fingerprint density at radius 1 is 0.530 bits per heavy atom. The smallest absolute Gasteiger partial charge is 0.326 e. The highest BCUT2D eigenvalue weighted by molar-refractivity contribution is 5.99. The third-order valence-electron chi connectivity index (χ3n) is 9.42. The van der Waals surface area contributed by atoms with E-state index < -0.39 is 157 Å². The molecule has 0 aliphatic rings. The molecule has 9 amide bonds. The molecule has 1 rings (SSSR count). The number of aromatic hydroxyl groups is 1. The second kappa shape index (κ2) is 27.1. The van der Waals surface area contributed by atoms with E-state index in [1.807, 2.05) is 0 Å². The first-order valence-electron chi connectivity index (χ1n) is 20.5. The maximum absolute atomic E-state index is 13.9. The summed E-state index contributed by atoms with van der Waals surface area (Å²) in [6.45, 7) is 7.63. The van der Waals surface area contributed by atoms with Gasteiger partial charge in [-0.3, -0.25) is 52.7 Å². The molecule has 0 unspecified atom stereocenters. The monoisotopic (exact) mass is 936 g/mol. The maximum atomic E-state index is 13.9. The zero-order chi connectivity index (χ0) is 50.6. The third kappa shape index (κ3) is 20.9. The van der Waals surface area contributed by atoms with Crippen LogP contribution in [0.4, 0.5) is 0 Å². The van der Waals surface area contributed by atoms with E-state index in [2.05, 4.69) is 37.2 Å². The lowest BCUT2D eigenvalue weighted by Gasteiger charge is -2.28. The van der Waals surface area contributed by atoms with Gasteiger partial charge in [-0.2, -0.15) is 0 Å². The van der Waals surface area contributed by atoms with E-state index >= 15 is 0 Å². The van der Waals surface area contributed by atoms with Crippen molar-refractivity contribution in [1.82, 2.24) is 37.2 Å². The molecule has 0 saturated heterocycles. The van der Waals surface area contributed by atoms with Crippen LogP contribution in [0.5, 0.6) is 5.75 Å². The predicted octanol–water partition coefficient (Wildman–Crippen LogP) is -4.45. The molecule has 0 aliphatic carbocycles. The number of hydrogen-bond donors (Lipinski definition) is 14. The van der Waals surface area contributed by atoms with Crippen LogP contribution in [-0.2, 0) is 64.0 Å². The van der Waals surface area contributed by atoms with Crippen molar-refractivity contribution in [1.29, 1.82) is 0 Å². The number of amides is 9. The third-order valence-corrected chi connectivity index (χ3v) is 9.42. The number of carbonyl (C=O) groups excluding carboxylic acids is 9. The van der Waals surface area contributed by atoms with Crippen molar-refractivity contribution in [2.24, 2.45) is 29.0 Å². The highest BCUT2D eigenvalue weighted by Gasteiger charge is 2.35. The van der Waals surface area contributed by atoms with Crippen molar-refractivity contribution in [3.05, 3.63) is 29.8 Å². The van der Waals surface area contributed by atoms with Gasteiger partial charge in [0.15, 0.2) is 0 Å². The van der Waals surface area contributed by atoms with E-state index in [0.717, 1.165) is 0 Å². The molecule has 1 aromatic carbocycles. The average Bonchev–Trinajstić information content (AvgIpc) is 3.19. The number of hydrogen-bond acceptors (Lipinski definition) is 14. The summed E-state index contributed by atoms with van der Waals surface area (Å²) in [4.78, 5) is 151. The summed E-state index contributed by atoms with van der Waals surface area (Å²) >= 11 is 0. The highest BCUT2D eigenvalue weighted by atomic mass is 16.4. The quantitative estimate of drug-likeness (QED) is 0.0360. The second-order valence-electron chi connectivity index (χ2n) is 16.1. The summed E-state index contributed by atoms with van der Waals surface area (Å²) in [6, 6.07) is -7.36. The first-order chi connectivity index (χ1) is 30.6. The molecule has 0 fully saturated rings. The van der Waals surface area contributed by atoms with Crippen LogP contribution in [0, 0.1) is 11.8 Å². The summed E-state index contributed by atoms with van der Waals surface area (Å²) < 4.78 is 0. The number of primary amides is 2. The second-order valence-corrected chi connectivity index (χ2v) is 16.1. The van der Waals surface area contributed by atoms with Crippen molar-refractivity contribution in [2.75, 3.05) is 0 Å².